The lowest BCUT2D eigenvalue weighted by Crippen LogP contribution is -2.39. The summed E-state index contributed by atoms with van der Waals surface area (Å²) in [7, 11) is 0. The van der Waals surface area contributed by atoms with Gasteiger partial charge in [-0.15, -0.1) is 0 Å². The highest BCUT2D eigenvalue weighted by atomic mass is 16.2. The van der Waals surface area contributed by atoms with E-state index in [9.17, 15) is 9.59 Å². The first kappa shape index (κ1) is 24.4. The zero-order chi connectivity index (χ0) is 20.3. The van der Waals surface area contributed by atoms with Crippen molar-refractivity contribution in [1.82, 2.24) is 10.2 Å². The Kier molecular flexibility index (Phi) is 11.2. The maximum absolute atomic E-state index is 12.2. The van der Waals surface area contributed by atoms with Crippen LogP contribution in [-0.4, -0.2) is 29.8 Å². The average Bonchev–Trinajstić information content (AvgIpc) is 2.95. The van der Waals surface area contributed by atoms with Crippen LogP contribution in [-0.2, 0) is 9.59 Å². The summed E-state index contributed by atoms with van der Waals surface area (Å²) in [5.74, 6) is 0.841. The van der Waals surface area contributed by atoms with E-state index in [0.717, 1.165) is 44.5 Å². The molecule has 0 aromatic carbocycles. The SMILES string of the molecule is C=C1C=CC(=O)N1CC1CCC(C(=O)NCC(C)(C)C)CC1.CC.CC. The number of amides is 2. The van der Waals surface area contributed by atoms with Gasteiger partial charge in [0.1, 0.15) is 0 Å². The van der Waals surface area contributed by atoms with Crippen molar-refractivity contribution < 1.29 is 9.59 Å². The third kappa shape index (κ3) is 8.20. The Balaban J connectivity index is 0.00000146. The molecule has 4 nitrogen and oxygen atoms in total. The fourth-order valence-electron chi connectivity index (χ4n) is 3.06. The number of nitrogens with one attached hydrogen (secondary N) is 1. The molecule has 0 unspecified atom stereocenters. The van der Waals surface area contributed by atoms with Gasteiger partial charge in [0.05, 0.1) is 0 Å². The molecular weight excluding hydrogens is 324 g/mol. The van der Waals surface area contributed by atoms with Crippen molar-refractivity contribution >= 4 is 11.8 Å². The van der Waals surface area contributed by atoms with E-state index in [2.05, 4.69) is 32.7 Å². The zero-order valence-corrected chi connectivity index (χ0v) is 18.0. The molecule has 1 fully saturated rings. The normalized spacial score (nSPS) is 22.2. The monoisotopic (exact) mass is 364 g/mol. The van der Waals surface area contributed by atoms with Crippen molar-refractivity contribution in [3.8, 4) is 0 Å². The quantitative estimate of drug-likeness (QED) is 0.770. The Bertz CT molecular complexity index is 463. The lowest BCUT2D eigenvalue weighted by atomic mass is 9.81. The average molecular weight is 365 g/mol. The van der Waals surface area contributed by atoms with E-state index in [1.54, 1.807) is 17.1 Å². The van der Waals surface area contributed by atoms with Crippen molar-refractivity contribution in [1.29, 1.82) is 0 Å². The maximum Gasteiger partial charge on any atom is 0.251 e. The topological polar surface area (TPSA) is 49.4 Å². The Morgan fingerprint density at radius 3 is 2.08 bits per heavy atom. The second-order valence-electron chi connectivity index (χ2n) is 7.77. The Morgan fingerprint density at radius 2 is 1.65 bits per heavy atom. The van der Waals surface area contributed by atoms with Crippen molar-refractivity contribution in [2.45, 2.75) is 74.1 Å². The van der Waals surface area contributed by atoms with E-state index in [0.29, 0.717) is 5.92 Å². The standard InChI is InChI=1S/C18H28N2O2.2C2H6/c1-13-5-10-16(21)20(13)11-14-6-8-15(9-7-14)17(22)19-12-18(2,3)4;2*1-2/h5,10,14-15H,1,6-9,11-12H2,2-4H3,(H,19,22);2*1-2H3. The number of hydrogen-bond donors (Lipinski definition) is 1. The van der Waals surface area contributed by atoms with Gasteiger partial charge < -0.3 is 10.2 Å². The molecule has 2 aliphatic rings. The number of carbonyl (C=O) groups excluding carboxylic acids is 2. The van der Waals surface area contributed by atoms with Gasteiger partial charge in [0, 0.05) is 30.8 Å². The molecule has 26 heavy (non-hydrogen) atoms. The van der Waals surface area contributed by atoms with E-state index < -0.39 is 0 Å². The molecule has 0 atom stereocenters. The van der Waals surface area contributed by atoms with E-state index in [4.69, 9.17) is 0 Å². The molecule has 2 amide bonds. The van der Waals surface area contributed by atoms with Gasteiger partial charge in [-0.1, -0.05) is 55.0 Å². The van der Waals surface area contributed by atoms with Gasteiger partial charge in [-0.2, -0.15) is 0 Å². The molecule has 150 valence electrons. The Morgan fingerprint density at radius 1 is 1.12 bits per heavy atom. The van der Waals surface area contributed by atoms with E-state index >= 15 is 0 Å². The van der Waals surface area contributed by atoms with Gasteiger partial charge in [0.25, 0.3) is 5.91 Å². The highest BCUT2D eigenvalue weighted by Gasteiger charge is 2.29. The molecule has 1 aliphatic carbocycles. The molecule has 0 radical (unpaired) electrons. The first-order valence-electron chi connectivity index (χ1n) is 10.2. The maximum atomic E-state index is 12.2. The van der Waals surface area contributed by atoms with Gasteiger partial charge in [-0.05, 0) is 43.1 Å². The summed E-state index contributed by atoms with van der Waals surface area (Å²) in [6.07, 6.45) is 7.20. The second kappa shape index (κ2) is 11.9. The summed E-state index contributed by atoms with van der Waals surface area (Å²) in [6.45, 7) is 19.7. The molecule has 1 heterocycles. The number of hydrogen-bond acceptors (Lipinski definition) is 2. The predicted octanol–water partition coefficient (Wildman–Crippen LogP) is 4.92. The van der Waals surface area contributed by atoms with Crippen LogP contribution in [0.2, 0.25) is 0 Å². The van der Waals surface area contributed by atoms with Gasteiger partial charge >= 0.3 is 0 Å². The fraction of sp³-hybridized carbons (Fsp3) is 0.727. The molecule has 1 aliphatic heterocycles. The Hall–Kier alpha value is -1.58. The van der Waals surface area contributed by atoms with Crippen molar-refractivity contribution in [2.24, 2.45) is 17.3 Å². The summed E-state index contributed by atoms with van der Waals surface area (Å²) in [5.41, 5.74) is 0.908. The molecule has 2 rings (SSSR count). The molecule has 0 aromatic heterocycles. The van der Waals surface area contributed by atoms with Crippen LogP contribution >= 0.6 is 0 Å². The van der Waals surface area contributed by atoms with E-state index in [-0.39, 0.29) is 23.1 Å². The smallest absolute Gasteiger partial charge is 0.251 e. The van der Waals surface area contributed by atoms with Crippen LogP contribution in [0.5, 0.6) is 0 Å². The largest absolute Gasteiger partial charge is 0.355 e. The van der Waals surface area contributed by atoms with Gasteiger partial charge in [-0.25, -0.2) is 0 Å². The third-order valence-corrected chi connectivity index (χ3v) is 4.48. The van der Waals surface area contributed by atoms with E-state index in [1.165, 1.54) is 0 Å². The van der Waals surface area contributed by atoms with Crippen LogP contribution < -0.4 is 5.32 Å². The molecule has 0 spiro atoms. The minimum atomic E-state index is 0.0371. The van der Waals surface area contributed by atoms with Crippen molar-refractivity contribution in [3.05, 3.63) is 24.4 Å². The predicted molar refractivity (Wildman–Crippen MR) is 111 cm³/mol. The molecule has 1 saturated carbocycles. The number of carbonyl (C=O) groups is 2. The Labute approximate surface area is 161 Å². The summed E-state index contributed by atoms with van der Waals surface area (Å²) >= 11 is 0. The summed E-state index contributed by atoms with van der Waals surface area (Å²) < 4.78 is 0. The lowest BCUT2D eigenvalue weighted by molar-refractivity contribution is -0.127. The van der Waals surface area contributed by atoms with Crippen LogP contribution in [0.4, 0.5) is 0 Å². The highest BCUT2D eigenvalue weighted by Crippen LogP contribution is 2.31. The number of nitrogens with zero attached hydrogens (tertiary/aromatic N) is 1. The lowest BCUT2D eigenvalue weighted by Gasteiger charge is -2.31. The molecular formula is C22H40N2O2. The van der Waals surface area contributed by atoms with Crippen LogP contribution in [0, 0.1) is 17.3 Å². The summed E-state index contributed by atoms with van der Waals surface area (Å²) in [4.78, 5) is 25.7. The van der Waals surface area contributed by atoms with Crippen LogP contribution in [0.15, 0.2) is 24.4 Å². The first-order chi connectivity index (χ1) is 12.3. The summed E-state index contributed by atoms with van der Waals surface area (Å²) in [5, 5.41) is 3.07. The molecule has 0 aromatic rings. The van der Waals surface area contributed by atoms with Crippen molar-refractivity contribution in [2.75, 3.05) is 13.1 Å². The van der Waals surface area contributed by atoms with Gasteiger partial charge in [0.15, 0.2) is 0 Å². The van der Waals surface area contributed by atoms with Gasteiger partial charge in [0.2, 0.25) is 5.91 Å². The molecule has 4 heteroatoms. The van der Waals surface area contributed by atoms with Crippen molar-refractivity contribution in [3.63, 3.8) is 0 Å². The first-order valence-corrected chi connectivity index (χ1v) is 10.2. The van der Waals surface area contributed by atoms with Crippen LogP contribution in [0.1, 0.15) is 74.1 Å². The molecule has 1 N–H and O–H groups in total. The summed E-state index contributed by atoms with van der Waals surface area (Å²) in [6, 6.07) is 0. The second-order valence-corrected chi connectivity index (χ2v) is 7.77. The molecule has 0 bridgehead atoms. The van der Waals surface area contributed by atoms with E-state index in [1.807, 2.05) is 27.7 Å². The fourth-order valence-corrected chi connectivity index (χ4v) is 3.06. The van der Waals surface area contributed by atoms with Crippen LogP contribution in [0.3, 0.4) is 0 Å². The molecule has 0 saturated heterocycles. The van der Waals surface area contributed by atoms with Gasteiger partial charge in [-0.3, -0.25) is 9.59 Å². The number of allylic oxidation sites excluding steroid dienone is 1. The number of rotatable bonds is 4. The zero-order valence-electron chi connectivity index (χ0n) is 18.0. The minimum absolute atomic E-state index is 0.0371. The third-order valence-electron chi connectivity index (χ3n) is 4.48. The van der Waals surface area contributed by atoms with Crippen LogP contribution in [0.25, 0.3) is 0 Å². The highest BCUT2D eigenvalue weighted by molar-refractivity contribution is 5.93. The minimum Gasteiger partial charge on any atom is -0.355 e.